The van der Waals surface area contributed by atoms with E-state index in [2.05, 4.69) is 32.8 Å². The van der Waals surface area contributed by atoms with Crippen molar-refractivity contribution in [2.45, 2.75) is 31.2 Å². The molecule has 1 aliphatic heterocycles. The molecule has 1 aromatic carbocycles. The molecular formula is C27H30F4N6O2. The van der Waals surface area contributed by atoms with Crippen molar-refractivity contribution in [1.29, 1.82) is 0 Å². The van der Waals surface area contributed by atoms with Crippen molar-refractivity contribution >= 4 is 17.2 Å². The van der Waals surface area contributed by atoms with Crippen molar-refractivity contribution in [3.63, 3.8) is 0 Å². The van der Waals surface area contributed by atoms with Crippen molar-refractivity contribution in [2.75, 3.05) is 45.8 Å². The van der Waals surface area contributed by atoms with Gasteiger partial charge < -0.3 is 24.7 Å². The number of imidazole rings is 1. The summed E-state index contributed by atoms with van der Waals surface area (Å²) in [7, 11) is 3.36. The van der Waals surface area contributed by atoms with Crippen LogP contribution >= 0.6 is 0 Å². The number of benzene rings is 1. The Morgan fingerprint density at radius 2 is 2.03 bits per heavy atom. The number of rotatable bonds is 8. The number of pyridine rings is 1. The van der Waals surface area contributed by atoms with Crippen molar-refractivity contribution in [2.24, 2.45) is 0 Å². The molecule has 3 aromatic rings. The first-order chi connectivity index (χ1) is 18.7. The van der Waals surface area contributed by atoms with Crippen LogP contribution in [0.15, 0.2) is 42.6 Å². The third-order valence-electron chi connectivity index (χ3n) is 6.31. The SMILES string of the molecule is CNC(=O)c1ccccc1OCNCC#Cc1nc2c(N[C@@H]3CCN(C)C[C@@H]3F)cccn2c1CC(F)(F)F. The van der Waals surface area contributed by atoms with Gasteiger partial charge in [0.1, 0.15) is 24.3 Å². The van der Waals surface area contributed by atoms with Crippen LogP contribution in [0.25, 0.3) is 5.65 Å². The van der Waals surface area contributed by atoms with Gasteiger partial charge >= 0.3 is 6.18 Å². The van der Waals surface area contributed by atoms with Crippen molar-refractivity contribution in [3.8, 4) is 17.6 Å². The normalized spacial score (nSPS) is 17.9. The van der Waals surface area contributed by atoms with Crippen LogP contribution in [0.1, 0.15) is 28.2 Å². The first-order valence-corrected chi connectivity index (χ1v) is 12.5. The first kappa shape index (κ1) is 28.2. The van der Waals surface area contributed by atoms with E-state index in [1.165, 1.54) is 17.6 Å². The zero-order valence-electron chi connectivity index (χ0n) is 21.6. The second kappa shape index (κ2) is 12.4. The molecule has 3 heterocycles. The lowest BCUT2D eigenvalue weighted by atomic mass is 10.0. The first-order valence-electron chi connectivity index (χ1n) is 12.5. The second-order valence-corrected chi connectivity index (χ2v) is 9.22. The van der Waals surface area contributed by atoms with E-state index >= 15 is 0 Å². The molecule has 0 radical (unpaired) electrons. The van der Waals surface area contributed by atoms with Gasteiger partial charge in [-0.2, -0.15) is 13.2 Å². The third-order valence-corrected chi connectivity index (χ3v) is 6.31. The molecule has 1 amide bonds. The summed E-state index contributed by atoms with van der Waals surface area (Å²) in [4.78, 5) is 18.2. The minimum absolute atomic E-state index is 0.00516. The molecule has 3 N–H and O–H groups in total. The second-order valence-electron chi connectivity index (χ2n) is 9.22. The predicted molar refractivity (Wildman–Crippen MR) is 140 cm³/mol. The summed E-state index contributed by atoms with van der Waals surface area (Å²) in [6.45, 7) is 1.11. The van der Waals surface area contributed by atoms with E-state index in [4.69, 9.17) is 4.74 Å². The highest BCUT2D eigenvalue weighted by atomic mass is 19.4. The van der Waals surface area contributed by atoms with E-state index in [1.54, 1.807) is 36.4 Å². The number of amides is 1. The Morgan fingerprint density at radius 1 is 1.23 bits per heavy atom. The van der Waals surface area contributed by atoms with E-state index in [-0.39, 0.29) is 42.8 Å². The van der Waals surface area contributed by atoms with Gasteiger partial charge in [-0.1, -0.05) is 18.1 Å². The summed E-state index contributed by atoms with van der Waals surface area (Å²) < 4.78 is 61.9. The Morgan fingerprint density at radius 3 is 2.77 bits per heavy atom. The number of aromatic nitrogens is 2. The molecule has 4 rings (SSSR count). The number of fused-ring (bicyclic) bond motifs is 1. The maximum atomic E-state index is 14.6. The molecular weight excluding hydrogens is 516 g/mol. The maximum Gasteiger partial charge on any atom is 0.394 e. The average molecular weight is 547 g/mol. The van der Waals surface area contributed by atoms with Gasteiger partial charge in [0.2, 0.25) is 0 Å². The number of nitrogens with zero attached hydrogens (tertiary/aromatic N) is 3. The number of hydrogen-bond acceptors (Lipinski definition) is 6. The minimum Gasteiger partial charge on any atom is -0.478 e. The Balaban J connectivity index is 1.49. The van der Waals surface area contributed by atoms with Gasteiger partial charge in [0.25, 0.3) is 5.91 Å². The summed E-state index contributed by atoms with van der Waals surface area (Å²) in [5.74, 6) is 5.61. The number of likely N-dealkylation sites (tertiary alicyclic amines) is 1. The largest absolute Gasteiger partial charge is 0.478 e. The van der Waals surface area contributed by atoms with Gasteiger partial charge in [0, 0.05) is 26.3 Å². The molecule has 39 heavy (non-hydrogen) atoms. The molecule has 0 bridgehead atoms. The molecule has 0 aliphatic carbocycles. The van der Waals surface area contributed by atoms with Gasteiger partial charge in [0.05, 0.1) is 36.0 Å². The molecule has 208 valence electrons. The van der Waals surface area contributed by atoms with Crippen LogP contribution in [-0.4, -0.2) is 79.0 Å². The highest BCUT2D eigenvalue weighted by Crippen LogP contribution is 2.28. The van der Waals surface area contributed by atoms with Crippen molar-refractivity contribution in [1.82, 2.24) is 24.9 Å². The zero-order chi connectivity index (χ0) is 28.0. The van der Waals surface area contributed by atoms with Crippen LogP contribution in [0.2, 0.25) is 0 Å². The molecule has 2 aromatic heterocycles. The monoisotopic (exact) mass is 546 g/mol. The summed E-state index contributed by atoms with van der Waals surface area (Å²) >= 11 is 0. The smallest absolute Gasteiger partial charge is 0.394 e. The molecule has 1 fully saturated rings. The van der Waals surface area contributed by atoms with Gasteiger partial charge in [0.15, 0.2) is 5.65 Å². The maximum absolute atomic E-state index is 14.6. The fourth-order valence-electron chi connectivity index (χ4n) is 4.39. The summed E-state index contributed by atoms with van der Waals surface area (Å²) in [5.41, 5.74) is 0.985. The van der Waals surface area contributed by atoms with Crippen molar-refractivity contribution in [3.05, 3.63) is 59.5 Å². The quantitative estimate of drug-likeness (QED) is 0.174. The van der Waals surface area contributed by atoms with Crippen LogP contribution in [0.3, 0.4) is 0 Å². The highest BCUT2D eigenvalue weighted by Gasteiger charge is 2.32. The number of hydrogen-bond donors (Lipinski definition) is 3. The van der Waals surface area contributed by atoms with E-state index in [0.29, 0.717) is 30.0 Å². The Hall–Kier alpha value is -3.82. The van der Waals surface area contributed by atoms with Crippen molar-refractivity contribution < 1.29 is 27.1 Å². The predicted octanol–water partition coefficient (Wildman–Crippen LogP) is 3.23. The lowest BCUT2D eigenvalue weighted by Gasteiger charge is -2.33. The van der Waals surface area contributed by atoms with E-state index in [9.17, 15) is 22.4 Å². The summed E-state index contributed by atoms with van der Waals surface area (Å²) in [6.07, 6.45) is -4.75. The Labute approximate surface area is 223 Å². The lowest BCUT2D eigenvalue weighted by molar-refractivity contribution is -0.128. The summed E-state index contributed by atoms with van der Waals surface area (Å²) in [6, 6.07) is 9.54. The zero-order valence-corrected chi connectivity index (χ0v) is 21.6. The van der Waals surface area contributed by atoms with Crippen LogP contribution < -0.4 is 20.7 Å². The standard InChI is InChI=1S/C27H30F4N6O2/c1-32-26(38)18-7-3-4-10-24(18)39-17-33-12-5-8-21-23(15-27(29,30)31)37-13-6-9-22(25(37)35-21)34-20-11-14-36(2)16-19(20)28/h3-4,6-7,9-10,13,19-20,33-34H,11-12,14-17H2,1-2H3,(H,32,38)/t19-,20+/m0/s1. The molecule has 0 unspecified atom stereocenters. The van der Waals surface area contributed by atoms with Crippen LogP contribution in [0.5, 0.6) is 5.75 Å². The third kappa shape index (κ3) is 7.19. The van der Waals surface area contributed by atoms with Crippen LogP contribution in [0.4, 0.5) is 23.2 Å². The molecule has 0 spiro atoms. The van der Waals surface area contributed by atoms with E-state index in [1.807, 2.05) is 11.9 Å². The van der Waals surface area contributed by atoms with E-state index in [0.717, 1.165) is 0 Å². The van der Waals surface area contributed by atoms with Gasteiger partial charge in [-0.3, -0.25) is 10.1 Å². The van der Waals surface area contributed by atoms with Gasteiger partial charge in [-0.25, -0.2) is 9.37 Å². The van der Waals surface area contributed by atoms with Crippen LogP contribution in [-0.2, 0) is 6.42 Å². The molecule has 2 atom stereocenters. The number of halogens is 4. The number of anilines is 1. The average Bonchev–Trinajstić information content (AvgIpc) is 3.24. The molecule has 12 heteroatoms. The lowest BCUT2D eigenvalue weighted by Crippen LogP contribution is -2.46. The number of carbonyl (C=O) groups is 1. The van der Waals surface area contributed by atoms with Crippen LogP contribution in [0, 0.1) is 11.8 Å². The van der Waals surface area contributed by atoms with Gasteiger partial charge in [-0.05, 0) is 43.7 Å². The fraction of sp³-hybridized carbons (Fsp3) is 0.407. The Bertz CT molecular complexity index is 1360. The fourth-order valence-corrected chi connectivity index (χ4v) is 4.39. The summed E-state index contributed by atoms with van der Waals surface area (Å²) in [5, 5.41) is 8.60. The number of nitrogens with one attached hydrogen (secondary N) is 3. The molecule has 1 saturated heterocycles. The van der Waals surface area contributed by atoms with E-state index < -0.39 is 24.8 Å². The minimum atomic E-state index is -4.47. The number of ether oxygens (including phenoxy) is 1. The van der Waals surface area contributed by atoms with Gasteiger partial charge in [-0.15, -0.1) is 0 Å². The molecule has 1 aliphatic rings. The number of alkyl halides is 4. The molecule has 8 nitrogen and oxygen atoms in total. The number of piperidine rings is 1. The number of para-hydroxylation sites is 1. The molecule has 0 saturated carbocycles. The topological polar surface area (TPSA) is 82.9 Å². The Kier molecular flexibility index (Phi) is 8.93. The number of carbonyl (C=O) groups excluding carboxylic acids is 1. The highest BCUT2D eigenvalue weighted by molar-refractivity contribution is 5.96.